The molecule has 2 fully saturated rings. The van der Waals surface area contributed by atoms with Gasteiger partial charge in [-0.15, -0.1) is 0 Å². The van der Waals surface area contributed by atoms with Crippen LogP contribution in [0.5, 0.6) is 5.75 Å². The molecule has 3 amide bonds. The maximum atomic E-state index is 13.6. The monoisotopic (exact) mass is 441 g/mol. The van der Waals surface area contributed by atoms with Crippen molar-refractivity contribution in [2.45, 2.75) is 18.9 Å². The predicted molar refractivity (Wildman–Crippen MR) is 118 cm³/mol. The van der Waals surface area contributed by atoms with Crippen LogP contribution in [0, 0.1) is 11.7 Å². The van der Waals surface area contributed by atoms with E-state index in [2.05, 4.69) is 5.32 Å². The summed E-state index contributed by atoms with van der Waals surface area (Å²) in [6.45, 7) is 2.20. The van der Waals surface area contributed by atoms with Crippen LogP contribution in [0.25, 0.3) is 0 Å². The summed E-state index contributed by atoms with van der Waals surface area (Å²) >= 11 is 0. The first-order chi connectivity index (χ1) is 15.5. The zero-order chi connectivity index (χ0) is 22.5. The van der Waals surface area contributed by atoms with E-state index in [0.29, 0.717) is 55.7 Å². The SMILES string of the molecule is COc1cccc(NC(=O)N2CCO[C@H](CN(CC3CC3)C(=O)c3cccc(F)c3)C2)c1. The fourth-order valence-electron chi connectivity index (χ4n) is 3.82. The Balaban J connectivity index is 1.39. The van der Waals surface area contributed by atoms with Crippen LogP contribution in [-0.4, -0.2) is 67.7 Å². The number of benzene rings is 2. The molecule has 4 rings (SSSR count). The van der Waals surface area contributed by atoms with Crippen LogP contribution in [0.15, 0.2) is 48.5 Å². The lowest BCUT2D eigenvalue weighted by atomic mass is 10.1. The Morgan fingerprint density at radius 2 is 2.00 bits per heavy atom. The van der Waals surface area contributed by atoms with Crippen LogP contribution in [0.4, 0.5) is 14.9 Å². The maximum Gasteiger partial charge on any atom is 0.322 e. The molecule has 2 aromatic rings. The van der Waals surface area contributed by atoms with E-state index in [9.17, 15) is 14.0 Å². The number of nitrogens with zero attached hydrogens (tertiary/aromatic N) is 2. The molecule has 2 aliphatic rings. The molecular formula is C24H28FN3O4. The molecule has 1 atom stereocenters. The highest BCUT2D eigenvalue weighted by molar-refractivity contribution is 5.94. The number of rotatable bonds is 7. The number of ether oxygens (including phenoxy) is 2. The molecule has 0 aromatic heterocycles. The zero-order valence-electron chi connectivity index (χ0n) is 18.1. The Kier molecular flexibility index (Phi) is 6.90. The molecule has 1 N–H and O–H groups in total. The first-order valence-electron chi connectivity index (χ1n) is 10.9. The summed E-state index contributed by atoms with van der Waals surface area (Å²) < 4.78 is 24.7. The average Bonchev–Trinajstić information content (AvgIpc) is 3.62. The molecule has 0 spiro atoms. The van der Waals surface area contributed by atoms with Gasteiger partial charge in [0, 0.05) is 37.0 Å². The van der Waals surface area contributed by atoms with E-state index in [0.717, 1.165) is 12.8 Å². The molecule has 7 nitrogen and oxygen atoms in total. The number of halogens is 1. The third-order valence-electron chi connectivity index (χ3n) is 5.71. The maximum absolute atomic E-state index is 13.6. The van der Waals surface area contributed by atoms with Gasteiger partial charge in [-0.2, -0.15) is 0 Å². The summed E-state index contributed by atoms with van der Waals surface area (Å²) in [7, 11) is 1.58. The van der Waals surface area contributed by atoms with Gasteiger partial charge in [-0.1, -0.05) is 12.1 Å². The molecular weight excluding hydrogens is 413 g/mol. The highest BCUT2D eigenvalue weighted by atomic mass is 19.1. The highest BCUT2D eigenvalue weighted by Gasteiger charge is 2.32. The van der Waals surface area contributed by atoms with Crippen molar-refractivity contribution in [2.75, 3.05) is 45.2 Å². The minimum absolute atomic E-state index is 0.210. The van der Waals surface area contributed by atoms with Gasteiger partial charge in [0.1, 0.15) is 11.6 Å². The average molecular weight is 442 g/mol. The number of methoxy groups -OCH3 is 1. The molecule has 1 saturated carbocycles. The zero-order valence-corrected chi connectivity index (χ0v) is 18.1. The molecule has 1 saturated heterocycles. The van der Waals surface area contributed by atoms with Crippen molar-refractivity contribution >= 4 is 17.6 Å². The summed E-state index contributed by atoms with van der Waals surface area (Å²) in [5, 5.41) is 2.89. The van der Waals surface area contributed by atoms with E-state index in [1.807, 2.05) is 12.1 Å². The van der Waals surface area contributed by atoms with Gasteiger partial charge >= 0.3 is 6.03 Å². The third-order valence-corrected chi connectivity index (χ3v) is 5.71. The minimum Gasteiger partial charge on any atom is -0.497 e. The van der Waals surface area contributed by atoms with Gasteiger partial charge in [0.25, 0.3) is 5.91 Å². The Morgan fingerprint density at radius 1 is 1.19 bits per heavy atom. The number of hydrogen-bond acceptors (Lipinski definition) is 4. The lowest BCUT2D eigenvalue weighted by molar-refractivity contribution is -0.0266. The third kappa shape index (κ3) is 5.76. The lowest BCUT2D eigenvalue weighted by Crippen LogP contribution is -2.51. The number of hydrogen-bond donors (Lipinski definition) is 1. The largest absolute Gasteiger partial charge is 0.497 e. The Labute approximate surface area is 187 Å². The Morgan fingerprint density at radius 3 is 2.75 bits per heavy atom. The summed E-state index contributed by atoms with van der Waals surface area (Å²) in [5.41, 5.74) is 0.975. The molecule has 1 aliphatic heterocycles. The van der Waals surface area contributed by atoms with E-state index >= 15 is 0 Å². The van der Waals surface area contributed by atoms with Crippen LogP contribution in [0.1, 0.15) is 23.2 Å². The van der Waals surface area contributed by atoms with Gasteiger partial charge in [0.2, 0.25) is 0 Å². The van der Waals surface area contributed by atoms with Crippen molar-refractivity contribution in [3.63, 3.8) is 0 Å². The molecule has 170 valence electrons. The van der Waals surface area contributed by atoms with E-state index in [4.69, 9.17) is 9.47 Å². The lowest BCUT2D eigenvalue weighted by Gasteiger charge is -2.36. The van der Waals surface area contributed by atoms with E-state index in [-0.39, 0.29) is 18.0 Å². The van der Waals surface area contributed by atoms with Gasteiger partial charge in [0.15, 0.2) is 0 Å². The summed E-state index contributed by atoms with van der Waals surface area (Å²) in [6.07, 6.45) is 1.87. The minimum atomic E-state index is -0.434. The second-order valence-corrected chi connectivity index (χ2v) is 8.26. The summed E-state index contributed by atoms with van der Waals surface area (Å²) in [6, 6.07) is 12.7. The van der Waals surface area contributed by atoms with Crippen molar-refractivity contribution in [3.8, 4) is 5.75 Å². The van der Waals surface area contributed by atoms with Gasteiger partial charge in [-0.25, -0.2) is 9.18 Å². The number of amides is 3. The number of carbonyl (C=O) groups is 2. The standard InChI is InChI=1S/C24H28FN3O4/c1-31-21-7-3-6-20(13-21)26-24(30)27-10-11-32-22(15-27)16-28(14-17-8-9-17)23(29)18-4-2-5-19(25)12-18/h2-7,12-13,17,22H,8-11,14-16H2,1H3,(H,26,30)/t22-/m0/s1. The highest BCUT2D eigenvalue weighted by Crippen LogP contribution is 2.30. The summed E-state index contributed by atoms with van der Waals surface area (Å²) in [4.78, 5) is 29.3. The number of anilines is 1. The number of urea groups is 1. The van der Waals surface area contributed by atoms with Crippen LogP contribution in [0.2, 0.25) is 0 Å². The van der Waals surface area contributed by atoms with Crippen molar-refractivity contribution in [3.05, 3.63) is 59.9 Å². The predicted octanol–water partition coefficient (Wildman–Crippen LogP) is 3.62. The summed E-state index contributed by atoms with van der Waals surface area (Å²) in [5.74, 6) is 0.493. The van der Waals surface area contributed by atoms with Gasteiger partial charge in [-0.3, -0.25) is 4.79 Å². The Bertz CT molecular complexity index is 966. The van der Waals surface area contributed by atoms with Crippen molar-refractivity contribution < 1.29 is 23.5 Å². The molecule has 1 aliphatic carbocycles. The fourth-order valence-corrected chi connectivity index (χ4v) is 3.82. The van der Waals surface area contributed by atoms with Crippen LogP contribution in [0.3, 0.4) is 0 Å². The van der Waals surface area contributed by atoms with Gasteiger partial charge < -0.3 is 24.6 Å². The molecule has 32 heavy (non-hydrogen) atoms. The number of morpholine rings is 1. The quantitative estimate of drug-likeness (QED) is 0.713. The molecule has 0 radical (unpaired) electrons. The van der Waals surface area contributed by atoms with Crippen LogP contribution >= 0.6 is 0 Å². The topological polar surface area (TPSA) is 71.1 Å². The van der Waals surface area contributed by atoms with E-state index in [1.165, 1.54) is 12.1 Å². The number of nitrogens with one attached hydrogen (secondary N) is 1. The van der Waals surface area contributed by atoms with E-state index in [1.54, 1.807) is 41.2 Å². The molecule has 1 heterocycles. The fraction of sp³-hybridized carbons (Fsp3) is 0.417. The molecule has 2 aromatic carbocycles. The van der Waals surface area contributed by atoms with Gasteiger partial charge in [0.05, 0.1) is 26.4 Å². The Hall–Kier alpha value is -3.13. The van der Waals surface area contributed by atoms with Gasteiger partial charge in [-0.05, 0) is 49.1 Å². The first kappa shape index (κ1) is 22.1. The molecule has 0 bridgehead atoms. The first-order valence-corrected chi connectivity index (χ1v) is 10.9. The van der Waals surface area contributed by atoms with Crippen molar-refractivity contribution in [2.24, 2.45) is 5.92 Å². The van der Waals surface area contributed by atoms with Crippen molar-refractivity contribution in [1.82, 2.24) is 9.80 Å². The van der Waals surface area contributed by atoms with Crippen LogP contribution < -0.4 is 10.1 Å². The van der Waals surface area contributed by atoms with Crippen molar-refractivity contribution in [1.29, 1.82) is 0 Å². The molecule has 8 heteroatoms. The second-order valence-electron chi connectivity index (χ2n) is 8.26. The van der Waals surface area contributed by atoms with Crippen LogP contribution in [-0.2, 0) is 4.74 Å². The molecule has 0 unspecified atom stereocenters. The second kappa shape index (κ2) is 9.99. The smallest absolute Gasteiger partial charge is 0.322 e. The normalized spacial score (nSPS) is 18.2. The number of carbonyl (C=O) groups excluding carboxylic acids is 2. The van der Waals surface area contributed by atoms with E-state index < -0.39 is 5.82 Å².